The van der Waals surface area contributed by atoms with Gasteiger partial charge in [-0.3, -0.25) is 4.79 Å². The molecule has 0 atom stereocenters. The molecule has 2 rings (SSSR count). The zero-order valence-electron chi connectivity index (χ0n) is 11.7. The number of hydrogen-bond acceptors (Lipinski definition) is 3. The van der Waals surface area contributed by atoms with Crippen molar-refractivity contribution in [3.05, 3.63) is 24.0 Å². The fourth-order valence-electron chi connectivity index (χ4n) is 2.30. The summed E-state index contributed by atoms with van der Waals surface area (Å²) in [6.07, 6.45) is 0. The van der Waals surface area contributed by atoms with Crippen LogP contribution in [0.3, 0.4) is 0 Å². The first-order valence-electron chi connectivity index (χ1n) is 6.57. The number of imidazole rings is 1. The third kappa shape index (κ3) is 2.41. The number of anilines is 1. The first-order chi connectivity index (χ1) is 9.08. The van der Waals surface area contributed by atoms with Gasteiger partial charge in [-0.15, -0.1) is 0 Å². The molecule has 0 spiro atoms. The Morgan fingerprint density at radius 2 is 2.05 bits per heavy atom. The third-order valence-electron chi connectivity index (χ3n) is 3.41. The number of rotatable bonds is 4. The minimum absolute atomic E-state index is 0.106. The van der Waals surface area contributed by atoms with Crippen LogP contribution >= 0.6 is 0 Å². The molecule has 1 amide bonds. The lowest BCUT2D eigenvalue weighted by Gasteiger charge is -2.19. The second-order valence-corrected chi connectivity index (χ2v) is 4.53. The minimum Gasteiger partial charge on any atom is -0.397 e. The average Bonchev–Trinajstić information content (AvgIpc) is 2.70. The highest BCUT2D eigenvalue weighted by Gasteiger charge is 2.15. The maximum absolute atomic E-state index is 12.2. The van der Waals surface area contributed by atoms with Crippen LogP contribution in [0, 0.1) is 6.92 Å². The van der Waals surface area contributed by atoms with Crippen molar-refractivity contribution in [1.29, 1.82) is 0 Å². The number of fused-ring (bicyclic) bond motifs is 1. The molecule has 0 unspecified atom stereocenters. The van der Waals surface area contributed by atoms with E-state index in [-0.39, 0.29) is 5.91 Å². The van der Waals surface area contributed by atoms with E-state index in [1.54, 1.807) is 0 Å². The Bertz CT molecular complexity index is 599. The lowest BCUT2D eigenvalue weighted by Crippen LogP contribution is -2.33. The van der Waals surface area contributed by atoms with Gasteiger partial charge in [0, 0.05) is 13.1 Å². The molecular formula is C14H20N4O. The first kappa shape index (κ1) is 13.4. The second kappa shape index (κ2) is 5.30. The van der Waals surface area contributed by atoms with Crippen LogP contribution < -0.4 is 5.73 Å². The third-order valence-corrected chi connectivity index (χ3v) is 3.41. The van der Waals surface area contributed by atoms with E-state index in [4.69, 9.17) is 5.73 Å². The summed E-state index contributed by atoms with van der Waals surface area (Å²) in [4.78, 5) is 18.5. The molecule has 102 valence electrons. The molecule has 0 aliphatic rings. The first-order valence-corrected chi connectivity index (χ1v) is 6.57. The quantitative estimate of drug-likeness (QED) is 0.852. The number of likely N-dealkylation sites (N-methyl/N-ethyl adjacent to an activating group) is 1. The highest BCUT2D eigenvalue weighted by atomic mass is 16.2. The number of nitrogen functional groups attached to an aromatic ring is 1. The van der Waals surface area contributed by atoms with Gasteiger partial charge >= 0.3 is 0 Å². The fourth-order valence-corrected chi connectivity index (χ4v) is 2.30. The van der Waals surface area contributed by atoms with E-state index < -0.39 is 0 Å². The maximum Gasteiger partial charge on any atom is 0.242 e. The molecule has 0 aliphatic heterocycles. The van der Waals surface area contributed by atoms with Crippen LogP contribution in [0.4, 0.5) is 5.69 Å². The normalized spacial score (nSPS) is 10.9. The number of carbonyl (C=O) groups excluding carboxylic acids is 1. The molecule has 2 aromatic rings. The van der Waals surface area contributed by atoms with Crippen LogP contribution in [0.15, 0.2) is 18.2 Å². The highest BCUT2D eigenvalue weighted by molar-refractivity contribution is 5.89. The van der Waals surface area contributed by atoms with Crippen LogP contribution in [-0.2, 0) is 11.3 Å². The van der Waals surface area contributed by atoms with Crippen LogP contribution in [0.25, 0.3) is 11.0 Å². The number of hydrogen-bond donors (Lipinski definition) is 1. The minimum atomic E-state index is 0.106. The molecule has 2 N–H and O–H groups in total. The van der Waals surface area contributed by atoms with Gasteiger partial charge in [-0.1, -0.05) is 6.07 Å². The van der Waals surface area contributed by atoms with E-state index >= 15 is 0 Å². The van der Waals surface area contributed by atoms with Gasteiger partial charge in [-0.2, -0.15) is 0 Å². The number of aryl methyl sites for hydroxylation is 1. The van der Waals surface area contributed by atoms with Crippen molar-refractivity contribution in [2.75, 3.05) is 18.8 Å². The van der Waals surface area contributed by atoms with E-state index in [0.717, 1.165) is 29.9 Å². The Morgan fingerprint density at radius 1 is 1.37 bits per heavy atom. The predicted molar refractivity (Wildman–Crippen MR) is 76.8 cm³/mol. The molecule has 1 heterocycles. The van der Waals surface area contributed by atoms with Crippen molar-refractivity contribution >= 4 is 22.6 Å². The molecule has 0 bridgehead atoms. The summed E-state index contributed by atoms with van der Waals surface area (Å²) in [6.45, 7) is 7.63. The molecule has 0 aliphatic carbocycles. The van der Waals surface area contributed by atoms with E-state index in [0.29, 0.717) is 12.2 Å². The maximum atomic E-state index is 12.2. The number of nitrogens with two attached hydrogens (primary N) is 1. The van der Waals surface area contributed by atoms with E-state index in [1.807, 2.05) is 48.4 Å². The number of aromatic nitrogens is 2. The van der Waals surface area contributed by atoms with Gasteiger partial charge in [0.2, 0.25) is 5.91 Å². The lowest BCUT2D eigenvalue weighted by atomic mass is 10.2. The Labute approximate surface area is 113 Å². The van der Waals surface area contributed by atoms with Gasteiger partial charge in [0.05, 0.1) is 11.2 Å². The van der Waals surface area contributed by atoms with Gasteiger partial charge in [0.25, 0.3) is 0 Å². The van der Waals surface area contributed by atoms with Crippen molar-refractivity contribution in [3.8, 4) is 0 Å². The molecule has 0 saturated heterocycles. The smallest absolute Gasteiger partial charge is 0.242 e. The summed E-state index contributed by atoms with van der Waals surface area (Å²) < 4.78 is 1.92. The molecule has 1 aromatic carbocycles. The number of benzene rings is 1. The summed E-state index contributed by atoms with van der Waals surface area (Å²) in [5, 5.41) is 0. The van der Waals surface area contributed by atoms with Crippen molar-refractivity contribution in [2.45, 2.75) is 27.3 Å². The molecule has 5 heteroatoms. The van der Waals surface area contributed by atoms with Gasteiger partial charge in [0.15, 0.2) is 0 Å². The Kier molecular flexibility index (Phi) is 3.74. The van der Waals surface area contributed by atoms with Crippen molar-refractivity contribution < 1.29 is 4.79 Å². The van der Waals surface area contributed by atoms with Crippen LogP contribution in [0.1, 0.15) is 19.7 Å². The van der Waals surface area contributed by atoms with E-state index in [1.165, 1.54) is 0 Å². The molecule has 1 aromatic heterocycles. The standard InChI is InChI=1S/C14H20N4O/c1-4-17(5-2)13(19)9-18-10(3)16-14-11(15)7-6-8-12(14)18/h6-8H,4-5,9,15H2,1-3H3. The molecule has 0 saturated carbocycles. The Morgan fingerprint density at radius 3 is 2.68 bits per heavy atom. The van der Waals surface area contributed by atoms with Crippen LogP contribution in [0.5, 0.6) is 0 Å². The highest BCUT2D eigenvalue weighted by Crippen LogP contribution is 2.21. The molecule has 19 heavy (non-hydrogen) atoms. The topological polar surface area (TPSA) is 64.2 Å². The van der Waals surface area contributed by atoms with Crippen molar-refractivity contribution in [3.63, 3.8) is 0 Å². The summed E-state index contributed by atoms with van der Waals surface area (Å²) in [5.41, 5.74) is 8.24. The SMILES string of the molecule is CCN(CC)C(=O)Cn1c(C)nc2c(N)cccc21. The van der Waals surface area contributed by atoms with Gasteiger partial charge in [0.1, 0.15) is 17.9 Å². The number of nitrogens with zero attached hydrogens (tertiary/aromatic N) is 3. The summed E-state index contributed by atoms with van der Waals surface area (Å²) in [7, 11) is 0. The average molecular weight is 260 g/mol. The van der Waals surface area contributed by atoms with Crippen LogP contribution in [0.2, 0.25) is 0 Å². The largest absolute Gasteiger partial charge is 0.397 e. The van der Waals surface area contributed by atoms with Crippen LogP contribution in [-0.4, -0.2) is 33.4 Å². The predicted octanol–water partition coefficient (Wildman–Crippen LogP) is 1.80. The van der Waals surface area contributed by atoms with E-state index in [9.17, 15) is 4.79 Å². The van der Waals surface area contributed by atoms with Crippen molar-refractivity contribution in [1.82, 2.24) is 14.5 Å². The lowest BCUT2D eigenvalue weighted by molar-refractivity contribution is -0.131. The molecule has 0 fully saturated rings. The van der Waals surface area contributed by atoms with Gasteiger partial charge in [-0.05, 0) is 32.9 Å². The molecule has 5 nitrogen and oxygen atoms in total. The Hall–Kier alpha value is -2.04. The van der Waals surface area contributed by atoms with Crippen molar-refractivity contribution in [2.24, 2.45) is 0 Å². The molecular weight excluding hydrogens is 240 g/mol. The monoisotopic (exact) mass is 260 g/mol. The number of carbonyl (C=O) groups is 1. The number of para-hydroxylation sites is 1. The van der Waals surface area contributed by atoms with Gasteiger partial charge < -0.3 is 15.2 Å². The van der Waals surface area contributed by atoms with E-state index in [2.05, 4.69) is 4.98 Å². The summed E-state index contributed by atoms with van der Waals surface area (Å²) >= 11 is 0. The summed E-state index contributed by atoms with van der Waals surface area (Å²) in [6, 6.07) is 5.66. The fraction of sp³-hybridized carbons (Fsp3) is 0.429. The number of amides is 1. The zero-order valence-corrected chi connectivity index (χ0v) is 11.7. The van der Waals surface area contributed by atoms with Gasteiger partial charge in [-0.25, -0.2) is 4.98 Å². The summed E-state index contributed by atoms with van der Waals surface area (Å²) in [5.74, 6) is 0.920. The Balaban J connectivity index is 2.38. The second-order valence-electron chi connectivity index (χ2n) is 4.53. The molecule has 0 radical (unpaired) electrons. The zero-order chi connectivity index (χ0) is 14.0.